The quantitative estimate of drug-likeness (QED) is 0.906. The standard InChI is InChI=1S/C17H15FN2O2S/c18-12-7-5-11(6-8-12)10-19-16(21)9-15-17(22)20-13-3-1-2-4-14(13)23-15/h1-8,15H,9-10H2,(H,19,21)(H,20,22)/t15-/m0/s1. The summed E-state index contributed by atoms with van der Waals surface area (Å²) in [6.45, 7) is 0.314. The number of carbonyl (C=O) groups is 2. The fourth-order valence-corrected chi connectivity index (χ4v) is 3.38. The molecule has 2 aromatic rings. The van der Waals surface area contributed by atoms with E-state index in [1.165, 1.54) is 23.9 Å². The van der Waals surface area contributed by atoms with Crippen molar-refractivity contribution in [3.63, 3.8) is 0 Å². The number of hydrogen-bond donors (Lipinski definition) is 2. The van der Waals surface area contributed by atoms with Crippen molar-refractivity contribution < 1.29 is 14.0 Å². The summed E-state index contributed by atoms with van der Waals surface area (Å²) in [6.07, 6.45) is 0.103. The Bertz CT molecular complexity index is 734. The molecule has 3 rings (SSSR count). The Morgan fingerprint density at radius 1 is 1.17 bits per heavy atom. The number of benzene rings is 2. The Kier molecular flexibility index (Phi) is 4.62. The van der Waals surface area contributed by atoms with Crippen molar-refractivity contribution in [3.8, 4) is 0 Å². The van der Waals surface area contributed by atoms with E-state index in [0.717, 1.165) is 16.1 Å². The molecule has 2 amide bonds. The number of nitrogens with one attached hydrogen (secondary N) is 2. The van der Waals surface area contributed by atoms with Gasteiger partial charge in [0.2, 0.25) is 11.8 Å². The highest BCUT2D eigenvalue weighted by Gasteiger charge is 2.28. The second-order valence-corrected chi connectivity index (χ2v) is 6.44. The summed E-state index contributed by atoms with van der Waals surface area (Å²) in [5.41, 5.74) is 1.59. The molecule has 0 bridgehead atoms. The first-order chi connectivity index (χ1) is 11.1. The van der Waals surface area contributed by atoms with Crippen molar-refractivity contribution in [1.82, 2.24) is 5.32 Å². The summed E-state index contributed by atoms with van der Waals surface area (Å²) in [5.74, 6) is -0.680. The lowest BCUT2D eigenvalue weighted by molar-refractivity contribution is -0.124. The van der Waals surface area contributed by atoms with Crippen LogP contribution in [-0.4, -0.2) is 17.1 Å². The molecule has 118 valence electrons. The van der Waals surface area contributed by atoms with Crippen LogP contribution in [0.4, 0.5) is 10.1 Å². The molecule has 1 aliphatic heterocycles. The molecule has 0 saturated carbocycles. The summed E-state index contributed by atoms with van der Waals surface area (Å²) in [7, 11) is 0. The average molecular weight is 330 g/mol. The molecule has 0 saturated heterocycles. The van der Waals surface area contributed by atoms with Crippen LogP contribution in [0.25, 0.3) is 0 Å². The minimum Gasteiger partial charge on any atom is -0.352 e. The van der Waals surface area contributed by atoms with Gasteiger partial charge in [0.1, 0.15) is 5.82 Å². The lowest BCUT2D eigenvalue weighted by Gasteiger charge is -2.23. The molecule has 6 heteroatoms. The number of anilines is 1. The lowest BCUT2D eigenvalue weighted by Crippen LogP contribution is -2.34. The Labute approximate surface area is 137 Å². The van der Waals surface area contributed by atoms with Crippen LogP contribution in [0.2, 0.25) is 0 Å². The van der Waals surface area contributed by atoms with Crippen molar-refractivity contribution in [2.45, 2.75) is 23.1 Å². The smallest absolute Gasteiger partial charge is 0.238 e. The molecule has 0 radical (unpaired) electrons. The predicted octanol–water partition coefficient (Wildman–Crippen LogP) is 2.95. The van der Waals surface area contributed by atoms with Crippen molar-refractivity contribution >= 4 is 29.3 Å². The molecule has 2 N–H and O–H groups in total. The number of para-hydroxylation sites is 1. The molecule has 1 aliphatic rings. The van der Waals surface area contributed by atoms with Crippen LogP contribution in [0.5, 0.6) is 0 Å². The van der Waals surface area contributed by atoms with E-state index < -0.39 is 5.25 Å². The van der Waals surface area contributed by atoms with Gasteiger partial charge in [-0.2, -0.15) is 0 Å². The predicted molar refractivity (Wildman–Crippen MR) is 87.6 cm³/mol. The summed E-state index contributed by atoms with van der Waals surface area (Å²) in [5, 5.41) is 5.12. The van der Waals surface area contributed by atoms with E-state index in [1.807, 2.05) is 24.3 Å². The van der Waals surface area contributed by atoms with Gasteiger partial charge in [0.05, 0.1) is 10.9 Å². The molecule has 0 aromatic heterocycles. The summed E-state index contributed by atoms with van der Waals surface area (Å²) >= 11 is 1.39. The third kappa shape index (κ3) is 3.90. The van der Waals surface area contributed by atoms with Crippen molar-refractivity contribution in [2.75, 3.05) is 5.32 Å². The number of fused-ring (bicyclic) bond motifs is 1. The first-order valence-corrected chi connectivity index (χ1v) is 8.07. The number of hydrogen-bond acceptors (Lipinski definition) is 3. The molecule has 0 spiro atoms. The maximum atomic E-state index is 12.8. The number of amides is 2. The van der Waals surface area contributed by atoms with Gasteiger partial charge < -0.3 is 10.6 Å². The van der Waals surface area contributed by atoms with Gasteiger partial charge in [-0.1, -0.05) is 24.3 Å². The van der Waals surface area contributed by atoms with E-state index in [2.05, 4.69) is 10.6 Å². The van der Waals surface area contributed by atoms with E-state index in [1.54, 1.807) is 12.1 Å². The van der Waals surface area contributed by atoms with Crippen molar-refractivity contribution in [3.05, 3.63) is 59.9 Å². The Hall–Kier alpha value is -2.34. The van der Waals surface area contributed by atoms with Gasteiger partial charge in [-0.3, -0.25) is 9.59 Å². The highest BCUT2D eigenvalue weighted by Crippen LogP contribution is 2.36. The molecule has 2 aromatic carbocycles. The molecule has 0 fully saturated rings. The largest absolute Gasteiger partial charge is 0.352 e. The maximum Gasteiger partial charge on any atom is 0.238 e. The zero-order valence-corrected chi connectivity index (χ0v) is 13.0. The number of carbonyl (C=O) groups excluding carboxylic acids is 2. The SMILES string of the molecule is O=C(C[C@@H]1Sc2ccccc2NC1=O)NCc1ccc(F)cc1. The molecule has 23 heavy (non-hydrogen) atoms. The topological polar surface area (TPSA) is 58.2 Å². The van der Waals surface area contributed by atoms with Gasteiger partial charge in [-0.15, -0.1) is 11.8 Å². The maximum absolute atomic E-state index is 12.8. The van der Waals surface area contributed by atoms with Gasteiger partial charge in [0.15, 0.2) is 0 Å². The van der Waals surface area contributed by atoms with Crippen molar-refractivity contribution in [1.29, 1.82) is 0 Å². The average Bonchev–Trinajstić information content (AvgIpc) is 2.55. The minimum absolute atomic E-state index is 0.103. The Balaban J connectivity index is 1.56. The third-order valence-electron chi connectivity index (χ3n) is 3.48. The van der Waals surface area contributed by atoms with Crippen LogP contribution < -0.4 is 10.6 Å². The Morgan fingerprint density at radius 2 is 1.91 bits per heavy atom. The zero-order chi connectivity index (χ0) is 16.2. The summed E-state index contributed by atoms with van der Waals surface area (Å²) in [4.78, 5) is 25.0. The van der Waals surface area contributed by atoms with Crippen molar-refractivity contribution in [2.24, 2.45) is 0 Å². The molecule has 1 atom stereocenters. The fourth-order valence-electron chi connectivity index (χ4n) is 2.27. The molecular formula is C17H15FN2O2S. The van der Waals surface area contributed by atoms with Crippen LogP contribution in [0, 0.1) is 5.82 Å². The molecule has 1 heterocycles. The Morgan fingerprint density at radius 3 is 2.70 bits per heavy atom. The van der Waals surface area contributed by atoms with Gasteiger partial charge >= 0.3 is 0 Å². The highest BCUT2D eigenvalue weighted by molar-refractivity contribution is 8.01. The molecule has 4 nitrogen and oxygen atoms in total. The van der Waals surface area contributed by atoms with Crippen LogP contribution in [-0.2, 0) is 16.1 Å². The first-order valence-electron chi connectivity index (χ1n) is 7.19. The van der Waals surface area contributed by atoms with E-state index in [9.17, 15) is 14.0 Å². The molecule has 0 aliphatic carbocycles. The number of halogens is 1. The normalized spacial score (nSPS) is 16.4. The monoisotopic (exact) mass is 330 g/mol. The minimum atomic E-state index is -0.446. The van der Waals surface area contributed by atoms with Crippen LogP contribution in [0.3, 0.4) is 0 Å². The van der Waals surface area contributed by atoms with Crippen LogP contribution >= 0.6 is 11.8 Å². The highest BCUT2D eigenvalue weighted by atomic mass is 32.2. The first kappa shape index (κ1) is 15.6. The van der Waals surface area contributed by atoms with E-state index >= 15 is 0 Å². The summed E-state index contributed by atoms with van der Waals surface area (Å²) in [6, 6.07) is 13.5. The van der Waals surface area contributed by atoms with Gasteiger partial charge in [-0.05, 0) is 29.8 Å². The van der Waals surface area contributed by atoms with Gasteiger partial charge in [0.25, 0.3) is 0 Å². The second-order valence-electron chi connectivity index (χ2n) is 5.20. The van der Waals surface area contributed by atoms with E-state index in [-0.39, 0.29) is 24.1 Å². The van der Waals surface area contributed by atoms with Crippen LogP contribution in [0.1, 0.15) is 12.0 Å². The van der Waals surface area contributed by atoms with Gasteiger partial charge in [0, 0.05) is 17.9 Å². The molecule has 0 unspecified atom stereocenters. The zero-order valence-electron chi connectivity index (χ0n) is 12.2. The third-order valence-corrected chi connectivity index (χ3v) is 4.76. The summed E-state index contributed by atoms with van der Waals surface area (Å²) < 4.78 is 12.8. The second kappa shape index (κ2) is 6.83. The van der Waals surface area contributed by atoms with E-state index in [0.29, 0.717) is 6.54 Å². The number of rotatable bonds is 4. The number of thioether (sulfide) groups is 1. The van der Waals surface area contributed by atoms with Crippen LogP contribution in [0.15, 0.2) is 53.4 Å². The van der Waals surface area contributed by atoms with Gasteiger partial charge in [-0.25, -0.2) is 4.39 Å². The molecular weight excluding hydrogens is 315 g/mol. The fraction of sp³-hybridized carbons (Fsp3) is 0.176. The lowest BCUT2D eigenvalue weighted by atomic mass is 10.2. The van der Waals surface area contributed by atoms with E-state index in [4.69, 9.17) is 0 Å².